The van der Waals surface area contributed by atoms with E-state index in [-0.39, 0.29) is 11.9 Å². The predicted octanol–water partition coefficient (Wildman–Crippen LogP) is 3.56. The minimum absolute atomic E-state index is 0.0721. The Kier molecular flexibility index (Phi) is 4.22. The number of nitrogens with one attached hydrogen (secondary N) is 1. The smallest absolute Gasteiger partial charge is 0.223 e. The number of nitrogens with zero attached hydrogens (tertiary/aromatic N) is 3. The molecule has 0 radical (unpaired) electrons. The van der Waals surface area contributed by atoms with Gasteiger partial charge in [-0.15, -0.1) is 0 Å². The molecule has 5 heteroatoms. The SMILES string of the molecule is Cc1cncc([C@H]2CCCN2C(=O)CCc2c[nH]c3ccccc23)n1. The van der Waals surface area contributed by atoms with Gasteiger partial charge in [-0.25, -0.2) is 0 Å². The standard InChI is InChI=1S/C20H22N4O/c1-14-11-21-13-18(23-14)19-7-4-10-24(19)20(25)9-8-15-12-22-17-6-3-2-5-16(15)17/h2-3,5-6,11-13,19,22H,4,7-10H2,1H3/t19-/m1/s1. The van der Waals surface area contributed by atoms with Gasteiger partial charge in [-0.05, 0) is 37.8 Å². The van der Waals surface area contributed by atoms with Crippen LogP contribution in [-0.4, -0.2) is 32.3 Å². The molecule has 2 aromatic heterocycles. The van der Waals surface area contributed by atoms with E-state index < -0.39 is 0 Å². The third-order valence-corrected chi connectivity index (χ3v) is 4.97. The Bertz CT molecular complexity index is 901. The van der Waals surface area contributed by atoms with E-state index in [4.69, 9.17) is 0 Å². The third kappa shape index (κ3) is 3.14. The number of rotatable bonds is 4. The van der Waals surface area contributed by atoms with Crippen molar-refractivity contribution in [3.05, 3.63) is 59.8 Å². The van der Waals surface area contributed by atoms with Crippen LogP contribution < -0.4 is 0 Å². The van der Waals surface area contributed by atoms with E-state index in [2.05, 4.69) is 27.1 Å². The largest absolute Gasteiger partial charge is 0.361 e. The molecule has 0 saturated carbocycles. The number of aryl methyl sites for hydroxylation is 2. The molecule has 0 bridgehead atoms. The van der Waals surface area contributed by atoms with Crippen LogP contribution in [-0.2, 0) is 11.2 Å². The fourth-order valence-corrected chi connectivity index (χ4v) is 3.74. The Labute approximate surface area is 147 Å². The second kappa shape index (κ2) is 6.67. The molecule has 1 saturated heterocycles. The monoisotopic (exact) mass is 334 g/mol. The summed E-state index contributed by atoms with van der Waals surface area (Å²) < 4.78 is 0. The van der Waals surface area contributed by atoms with E-state index in [0.29, 0.717) is 6.42 Å². The number of aromatic nitrogens is 3. The van der Waals surface area contributed by atoms with Crippen molar-refractivity contribution in [1.82, 2.24) is 19.9 Å². The number of para-hydroxylation sites is 1. The van der Waals surface area contributed by atoms with Crippen molar-refractivity contribution >= 4 is 16.8 Å². The van der Waals surface area contributed by atoms with Gasteiger partial charge in [0.25, 0.3) is 0 Å². The van der Waals surface area contributed by atoms with Gasteiger partial charge >= 0.3 is 0 Å². The van der Waals surface area contributed by atoms with Crippen LogP contribution in [0.15, 0.2) is 42.9 Å². The molecular weight excluding hydrogens is 312 g/mol. The van der Waals surface area contributed by atoms with Crippen LogP contribution in [0.1, 0.15) is 42.3 Å². The molecule has 5 nitrogen and oxygen atoms in total. The molecule has 1 aliphatic rings. The molecule has 1 amide bonds. The maximum Gasteiger partial charge on any atom is 0.223 e. The van der Waals surface area contributed by atoms with E-state index >= 15 is 0 Å². The topological polar surface area (TPSA) is 61.9 Å². The average Bonchev–Trinajstić information content (AvgIpc) is 3.27. The Morgan fingerprint density at radius 2 is 2.20 bits per heavy atom. The lowest BCUT2D eigenvalue weighted by Gasteiger charge is -2.24. The summed E-state index contributed by atoms with van der Waals surface area (Å²) in [5.41, 5.74) is 4.14. The highest BCUT2D eigenvalue weighted by atomic mass is 16.2. The summed E-state index contributed by atoms with van der Waals surface area (Å²) in [6, 6.07) is 8.29. The summed E-state index contributed by atoms with van der Waals surface area (Å²) in [7, 11) is 0. The molecule has 0 spiro atoms. The Balaban J connectivity index is 1.47. The van der Waals surface area contributed by atoms with Crippen LogP contribution >= 0.6 is 0 Å². The number of hydrogen-bond acceptors (Lipinski definition) is 3. The van der Waals surface area contributed by atoms with Crippen LogP contribution in [0.25, 0.3) is 10.9 Å². The van der Waals surface area contributed by atoms with Crippen LogP contribution in [0.3, 0.4) is 0 Å². The highest BCUT2D eigenvalue weighted by Gasteiger charge is 2.30. The molecule has 1 aromatic carbocycles. The molecule has 128 valence electrons. The number of carbonyl (C=O) groups excluding carboxylic acids is 1. The van der Waals surface area contributed by atoms with Gasteiger partial charge < -0.3 is 9.88 Å². The average molecular weight is 334 g/mol. The number of carbonyl (C=O) groups is 1. The summed E-state index contributed by atoms with van der Waals surface area (Å²) in [5, 5.41) is 1.21. The predicted molar refractivity (Wildman–Crippen MR) is 97.1 cm³/mol. The van der Waals surface area contributed by atoms with Crippen molar-refractivity contribution < 1.29 is 4.79 Å². The van der Waals surface area contributed by atoms with E-state index in [1.165, 1.54) is 10.9 Å². The van der Waals surface area contributed by atoms with Gasteiger partial charge in [-0.3, -0.25) is 14.8 Å². The van der Waals surface area contributed by atoms with Crippen molar-refractivity contribution in [2.24, 2.45) is 0 Å². The number of aromatic amines is 1. The van der Waals surface area contributed by atoms with Gasteiger partial charge in [0.05, 0.1) is 23.6 Å². The summed E-state index contributed by atoms with van der Waals surface area (Å²) in [6.07, 6.45) is 8.84. The molecule has 0 aliphatic carbocycles. The minimum atomic E-state index is 0.0721. The summed E-state index contributed by atoms with van der Waals surface area (Å²) in [4.78, 5) is 26.9. The summed E-state index contributed by atoms with van der Waals surface area (Å²) in [6.45, 7) is 2.75. The molecule has 25 heavy (non-hydrogen) atoms. The quantitative estimate of drug-likeness (QED) is 0.793. The van der Waals surface area contributed by atoms with Gasteiger partial charge in [0.1, 0.15) is 0 Å². The first-order valence-corrected chi connectivity index (χ1v) is 8.85. The Hall–Kier alpha value is -2.69. The van der Waals surface area contributed by atoms with Crippen molar-refractivity contribution in [2.75, 3.05) is 6.54 Å². The summed E-state index contributed by atoms with van der Waals surface area (Å²) in [5.74, 6) is 0.205. The zero-order valence-electron chi connectivity index (χ0n) is 14.4. The van der Waals surface area contributed by atoms with Crippen molar-refractivity contribution in [1.29, 1.82) is 0 Å². The molecule has 0 unspecified atom stereocenters. The lowest BCUT2D eigenvalue weighted by atomic mass is 10.1. The molecule has 1 fully saturated rings. The van der Waals surface area contributed by atoms with Gasteiger partial charge in [-0.1, -0.05) is 18.2 Å². The van der Waals surface area contributed by atoms with Crippen LogP contribution in [0.2, 0.25) is 0 Å². The minimum Gasteiger partial charge on any atom is -0.361 e. The Morgan fingerprint density at radius 1 is 1.32 bits per heavy atom. The first-order valence-electron chi connectivity index (χ1n) is 8.85. The van der Waals surface area contributed by atoms with Crippen molar-refractivity contribution in [3.63, 3.8) is 0 Å². The number of H-pyrrole nitrogens is 1. The molecule has 3 heterocycles. The molecule has 1 N–H and O–H groups in total. The van der Waals surface area contributed by atoms with Gasteiger partial charge in [0.15, 0.2) is 0 Å². The zero-order chi connectivity index (χ0) is 17.2. The lowest BCUT2D eigenvalue weighted by molar-refractivity contribution is -0.132. The molecule has 3 aromatic rings. The Morgan fingerprint density at radius 3 is 3.08 bits per heavy atom. The van der Waals surface area contributed by atoms with Crippen LogP contribution in [0, 0.1) is 6.92 Å². The second-order valence-electron chi connectivity index (χ2n) is 6.69. The first-order chi connectivity index (χ1) is 12.2. The van der Waals surface area contributed by atoms with Crippen LogP contribution in [0.5, 0.6) is 0 Å². The van der Waals surface area contributed by atoms with E-state index in [9.17, 15) is 4.79 Å². The lowest BCUT2D eigenvalue weighted by Crippen LogP contribution is -2.31. The third-order valence-electron chi connectivity index (χ3n) is 4.97. The fraction of sp³-hybridized carbons (Fsp3) is 0.350. The van der Waals surface area contributed by atoms with Gasteiger partial charge in [0, 0.05) is 36.3 Å². The first kappa shape index (κ1) is 15.8. The number of benzene rings is 1. The van der Waals surface area contributed by atoms with Gasteiger partial charge in [0.2, 0.25) is 5.91 Å². The normalized spacial score (nSPS) is 17.3. The molecular formula is C20H22N4O. The van der Waals surface area contributed by atoms with Crippen molar-refractivity contribution in [3.8, 4) is 0 Å². The summed E-state index contributed by atoms with van der Waals surface area (Å²) >= 11 is 0. The highest BCUT2D eigenvalue weighted by molar-refractivity contribution is 5.84. The maximum absolute atomic E-state index is 12.8. The number of likely N-dealkylation sites (tertiary alicyclic amines) is 1. The van der Waals surface area contributed by atoms with Crippen molar-refractivity contribution in [2.45, 2.75) is 38.6 Å². The van der Waals surface area contributed by atoms with Gasteiger partial charge in [-0.2, -0.15) is 0 Å². The zero-order valence-corrected chi connectivity index (χ0v) is 14.4. The number of amides is 1. The molecule has 4 rings (SSSR count). The molecule has 1 aliphatic heterocycles. The number of hydrogen-bond donors (Lipinski definition) is 1. The fourth-order valence-electron chi connectivity index (χ4n) is 3.74. The highest BCUT2D eigenvalue weighted by Crippen LogP contribution is 2.31. The van der Waals surface area contributed by atoms with Crippen LogP contribution in [0.4, 0.5) is 0 Å². The van der Waals surface area contributed by atoms with E-state index in [1.54, 1.807) is 12.4 Å². The van der Waals surface area contributed by atoms with E-state index in [1.807, 2.05) is 30.2 Å². The second-order valence-corrected chi connectivity index (χ2v) is 6.69. The number of fused-ring (bicyclic) bond motifs is 1. The van der Waals surface area contributed by atoms with E-state index in [0.717, 1.165) is 42.7 Å². The maximum atomic E-state index is 12.8. The molecule has 1 atom stereocenters.